The maximum absolute atomic E-state index is 10.0. The van der Waals surface area contributed by atoms with Gasteiger partial charge in [-0.05, 0) is 126 Å². The molecule has 0 unspecified atom stereocenters. The van der Waals surface area contributed by atoms with Gasteiger partial charge >= 0.3 is 0 Å². The molecule has 15 aromatic rings. The highest BCUT2D eigenvalue weighted by atomic mass is 28.3. The number of hydrogen-bond acceptors (Lipinski definition) is 1. The molecule has 4 nitrogen and oxygen atoms in total. The first-order valence-corrected chi connectivity index (χ1v) is 31.1. The summed E-state index contributed by atoms with van der Waals surface area (Å²) in [5.41, 5.74) is 10.7. The fourth-order valence-corrected chi connectivity index (χ4v) is 26.3. The lowest BCUT2D eigenvalue weighted by Crippen LogP contribution is -2.93. The minimum absolute atomic E-state index is 0.653. The van der Waals surface area contributed by atoms with Gasteiger partial charge in [0.1, 0.15) is 0 Å². The Morgan fingerprint density at radius 3 is 0.987 bits per heavy atom. The highest BCUT2D eigenvalue weighted by molar-refractivity contribution is 7.32. The second-order valence-corrected chi connectivity index (χ2v) is 28.5. The summed E-state index contributed by atoms with van der Waals surface area (Å²) in [6.45, 7) is 0. The van der Waals surface area contributed by atoms with Gasteiger partial charge in [-0.1, -0.05) is 206 Å². The zero-order chi connectivity index (χ0) is 52.2. The minimum atomic E-state index is -3.12. The molecule has 0 fully saturated rings. The number of benzene rings is 12. The molecule has 0 amide bonds. The van der Waals surface area contributed by atoms with Crippen LogP contribution in [0.5, 0.6) is 0 Å². The second kappa shape index (κ2) is 17.5. The average Bonchev–Trinajstić information content (AvgIpc) is 4.31. The third kappa shape index (κ3) is 6.34. The van der Waals surface area contributed by atoms with Crippen molar-refractivity contribution in [3.63, 3.8) is 0 Å². The number of rotatable bonds is 7. The summed E-state index contributed by atoms with van der Waals surface area (Å²) < 4.78 is 7.31. The van der Waals surface area contributed by atoms with E-state index in [1.54, 1.807) is 0 Å². The van der Waals surface area contributed by atoms with Gasteiger partial charge in [-0.15, -0.1) is 0 Å². The van der Waals surface area contributed by atoms with E-state index in [-0.39, 0.29) is 0 Å². The van der Waals surface area contributed by atoms with Crippen LogP contribution in [0.3, 0.4) is 0 Å². The number of para-hydroxylation sites is 3. The molecular weight excluding hydrogens is 989 g/mol. The molecule has 16 rings (SSSR count). The molecule has 12 aromatic carbocycles. The van der Waals surface area contributed by atoms with Crippen molar-refractivity contribution in [3.05, 3.63) is 297 Å². The van der Waals surface area contributed by atoms with Crippen molar-refractivity contribution in [1.29, 1.82) is 5.26 Å². The molecule has 0 N–H and O–H groups in total. The van der Waals surface area contributed by atoms with E-state index in [0.717, 1.165) is 55.3 Å². The van der Waals surface area contributed by atoms with Crippen LogP contribution in [0.1, 0.15) is 5.56 Å². The van der Waals surface area contributed by atoms with Crippen LogP contribution < -0.4 is 41.5 Å². The van der Waals surface area contributed by atoms with E-state index in [0.29, 0.717) is 5.56 Å². The summed E-state index contributed by atoms with van der Waals surface area (Å²) in [5.74, 6) is 0. The van der Waals surface area contributed by atoms with E-state index in [1.165, 1.54) is 68.7 Å². The third-order valence-corrected chi connectivity index (χ3v) is 27.5. The van der Waals surface area contributed by atoms with E-state index in [9.17, 15) is 5.26 Å². The first-order chi connectivity index (χ1) is 39.2. The highest BCUT2D eigenvalue weighted by Gasteiger charge is 2.56. The maximum atomic E-state index is 10.0. The van der Waals surface area contributed by atoms with Gasteiger partial charge in [0.25, 0.3) is 0 Å². The SMILES string of the molecule is N#Cc1ccc2c(c1)c1ccccc1n2-c1ccc2c(c1)c1cc(-n3c4ccccc4c4ccccc43)ccc1n2-c1cccc([Si]2(c3ccccc3)c3ccccc3[Si](c3ccccc3)(c3ccccc3)c3ccccc32)c1. The van der Waals surface area contributed by atoms with E-state index >= 15 is 0 Å². The number of nitrogens with zero attached hydrogens (tertiary/aromatic N) is 4. The molecule has 1 aliphatic rings. The number of fused-ring (bicyclic) bond motifs is 11. The van der Waals surface area contributed by atoms with E-state index in [1.807, 2.05) is 12.1 Å². The molecule has 368 valence electrons. The first-order valence-electron chi connectivity index (χ1n) is 27.1. The molecule has 1 aliphatic heterocycles. The predicted octanol–water partition coefficient (Wildman–Crippen LogP) is 11.9. The second-order valence-electron chi connectivity index (χ2n) is 21.0. The first kappa shape index (κ1) is 45.2. The van der Waals surface area contributed by atoms with Crippen LogP contribution in [0.25, 0.3) is 82.5 Å². The van der Waals surface area contributed by atoms with Crippen LogP contribution in [0.15, 0.2) is 291 Å². The molecule has 0 atom stereocenters. The number of aromatic nitrogens is 3. The van der Waals surface area contributed by atoms with Gasteiger partial charge in [-0.2, -0.15) is 5.26 Å². The van der Waals surface area contributed by atoms with Crippen molar-refractivity contribution < 1.29 is 0 Å². The van der Waals surface area contributed by atoms with Gasteiger partial charge in [0.2, 0.25) is 0 Å². The molecule has 6 heteroatoms. The van der Waals surface area contributed by atoms with E-state index in [4.69, 9.17) is 0 Å². The Hall–Kier alpha value is -10.0. The van der Waals surface area contributed by atoms with Gasteiger partial charge in [0.15, 0.2) is 16.1 Å². The average molecular weight is 1040 g/mol. The van der Waals surface area contributed by atoms with Crippen molar-refractivity contribution in [1.82, 2.24) is 13.7 Å². The van der Waals surface area contributed by atoms with Gasteiger partial charge in [0.05, 0.1) is 44.7 Å². The van der Waals surface area contributed by atoms with Crippen LogP contribution >= 0.6 is 0 Å². The summed E-state index contributed by atoms with van der Waals surface area (Å²) in [7, 11) is -6.01. The van der Waals surface area contributed by atoms with Crippen LogP contribution in [0.4, 0.5) is 0 Å². The number of nitriles is 1. The standard InChI is InChI=1S/C73H48N4Si2/c74-49-50-39-42-67-61(45-50)60-31-12-15-34-66(60)77(67)53-41-44-69-63(48-53)62-47-52(76-64-32-13-10-29-58(64)59-30-11-14-33-65(59)76)40-43-68(62)75(69)51-21-20-28-57(46-51)79(56-26-8-3-9-27-56)72-37-18-16-35-70(72)78(54-22-4-1-5-23-54,55-24-6-2-7-25-55)71-36-17-19-38-73(71)79/h1-48H. The summed E-state index contributed by atoms with van der Waals surface area (Å²) in [6, 6.07) is 112. The predicted molar refractivity (Wildman–Crippen MR) is 335 cm³/mol. The fraction of sp³-hybridized carbons (Fsp3) is 0. The van der Waals surface area contributed by atoms with Crippen molar-refractivity contribution in [2.45, 2.75) is 0 Å². The van der Waals surface area contributed by atoms with Gasteiger partial charge in [-0.25, -0.2) is 0 Å². The van der Waals surface area contributed by atoms with Gasteiger partial charge < -0.3 is 13.7 Å². The lowest BCUT2D eigenvalue weighted by molar-refractivity contribution is 1.16. The Labute approximate surface area is 459 Å². The normalized spacial score (nSPS) is 13.5. The van der Waals surface area contributed by atoms with Crippen LogP contribution in [0.2, 0.25) is 0 Å². The maximum Gasteiger partial charge on any atom is 0.179 e. The molecule has 3 aromatic heterocycles. The van der Waals surface area contributed by atoms with Crippen LogP contribution in [-0.2, 0) is 0 Å². The third-order valence-electron chi connectivity index (χ3n) is 17.3. The molecule has 0 aliphatic carbocycles. The van der Waals surface area contributed by atoms with Crippen molar-refractivity contribution in [3.8, 4) is 23.1 Å². The van der Waals surface area contributed by atoms with E-state index < -0.39 is 16.1 Å². The Bertz CT molecular complexity index is 4840. The highest BCUT2D eigenvalue weighted by Crippen LogP contribution is 2.40. The van der Waals surface area contributed by atoms with Crippen molar-refractivity contribution in [2.75, 3.05) is 0 Å². The Balaban J connectivity index is 0.985. The summed E-state index contributed by atoms with van der Waals surface area (Å²) >= 11 is 0. The van der Waals surface area contributed by atoms with Gasteiger partial charge in [-0.3, -0.25) is 0 Å². The zero-order valence-corrected chi connectivity index (χ0v) is 45.0. The summed E-state index contributed by atoms with van der Waals surface area (Å²) in [4.78, 5) is 0. The molecule has 0 radical (unpaired) electrons. The van der Waals surface area contributed by atoms with Crippen molar-refractivity contribution in [2.24, 2.45) is 0 Å². The van der Waals surface area contributed by atoms with E-state index in [2.05, 4.69) is 299 Å². The quantitative estimate of drug-likeness (QED) is 0.147. The Morgan fingerprint density at radius 1 is 0.241 bits per heavy atom. The molecular formula is C73H48N4Si2. The molecule has 0 bridgehead atoms. The zero-order valence-electron chi connectivity index (χ0n) is 43.0. The molecule has 0 saturated carbocycles. The Kier molecular flexibility index (Phi) is 10.0. The lowest BCUT2D eigenvalue weighted by atomic mass is 10.1. The largest absolute Gasteiger partial charge is 0.309 e. The monoisotopic (exact) mass is 1040 g/mol. The fourth-order valence-electron chi connectivity index (χ4n) is 14.2. The van der Waals surface area contributed by atoms with Crippen LogP contribution in [0, 0.1) is 11.3 Å². The number of hydrogen-bond donors (Lipinski definition) is 0. The Morgan fingerprint density at radius 2 is 0.557 bits per heavy atom. The minimum Gasteiger partial charge on any atom is -0.309 e. The summed E-state index contributed by atoms with van der Waals surface area (Å²) in [6.07, 6.45) is 0. The lowest BCUT2D eigenvalue weighted by Gasteiger charge is -2.48. The summed E-state index contributed by atoms with van der Waals surface area (Å²) in [5, 5.41) is 28.3. The van der Waals surface area contributed by atoms with Gasteiger partial charge in [0, 0.05) is 49.4 Å². The topological polar surface area (TPSA) is 38.6 Å². The van der Waals surface area contributed by atoms with Crippen LogP contribution in [-0.4, -0.2) is 29.8 Å². The van der Waals surface area contributed by atoms with Crippen molar-refractivity contribution >= 4 is 123 Å². The molecule has 79 heavy (non-hydrogen) atoms. The molecule has 0 saturated heterocycles. The molecule has 0 spiro atoms. The smallest absolute Gasteiger partial charge is 0.179 e. The molecule has 4 heterocycles.